The van der Waals surface area contributed by atoms with E-state index in [-0.39, 0.29) is 17.4 Å². The summed E-state index contributed by atoms with van der Waals surface area (Å²) in [6.45, 7) is 0.818. The molecule has 6 heteroatoms. The predicted octanol–water partition coefficient (Wildman–Crippen LogP) is 9.36. The summed E-state index contributed by atoms with van der Waals surface area (Å²) in [5, 5.41) is 1.33. The number of unbranched alkanes of at least 4 members (excludes halogenated alkanes) is 2. The normalized spacial score (nSPS) is 11.7. The Hall–Kier alpha value is -3.41. The Labute approximate surface area is 226 Å². The van der Waals surface area contributed by atoms with E-state index < -0.39 is 12.8 Å². The van der Waals surface area contributed by atoms with Crippen molar-refractivity contribution < 1.29 is 26.7 Å². The zero-order valence-corrected chi connectivity index (χ0v) is 22.1. The van der Waals surface area contributed by atoms with E-state index in [0.29, 0.717) is 42.2 Å². The lowest BCUT2D eigenvalue weighted by molar-refractivity contribution is -0.153. The maximum absolute atomic E-state index is 15.3. The van der Waals surface area contributed by atoms with Crippen molar-refractivity contribution in [2.75, 3.05) is 6.61 Å². The minimum absolute atomic E-state index is 0.144. The van der Waals surface area contributed by atoms with Crippen LogP contribution in [0.15, 0.2) is 72.8 Å². The first-order valence-electron chi connectivity index (χ1n) is 13.5. The van der Waals surface area contributed by atoms with Gasteiger partial charge in [-0.3, -0.25) is 0 Å². The average Bonchev–Trinajstić information content (AvgIpc) is 2.91. The van der Waals surface area contributed by atoms with Gasteiger partial charge in [0.2, 0.25) is 0 Å². The molecule has 0 heterocycles. The Morgan fingerprint density at radius 3 is 2.00 bits per heavy atom. The van der Waals surface area contributed by atoms with Crippen LogP contribution in [-0.4, -0.2) is 12.8 Å². The molecule has 0 saturated carbocycles. The maximum atomic E-state index is 15.3. The number of rotatable bonds is 12. The summed E-state index contributed by atoms with van der Waals surface area (Å²) < 4.78 is 71.5. The van der Waals surface area contributed by atoms with Crippen LogP contribution < -0.4 is 4.74 Å². The summed E-state index contributed by atoms with van der Waals surface area (Å²) in [5.74, 6) is -0.288. The lowest BCUT2D eigenvalue weighted by Crippen LogP contribution is -2.19. The van der Waals surface area contributed by atoms with Gasteiger partial charge in [-0.05, 0) is 89.9 Å². The largest absolute Gasteiger partial charge is 0.484 e. The molecule has 0 aliphatic rings. The van der Waals surface area contributed by atoms with Gasteiger partial charge in [0.1, 0.15) is 17.4 Å². The third-order valence-corrected chi connectivity index (χ3v) is 6.98. The predicted molar refractivity (Wildman–Crippen MR) is 146 cm³/mol. The minimum atomic E-state index is -4.38. The van der Waals surface area contributed by atoms with E-state index in [0.717, 1.165) is 47.8 Å². The molecule has 4 aromatic rings. The fourth-order valence-electron chi connectivity index (χ4n) is 4.74. The molecule has 0 atom stereocenters. The molecule has 4 rings (SSSR count). The van der Waals surface area contributed by atoms with Gasteiger partial charge in [0.15, 0.2) is 6.61 Å². The molecular formula is C33H33F5O. The molecule has 0 radical (unpaired) electrons. The molecule has 0 amide bonds. The van der Waals surface area contributed by atoms with Crippen LogP contribution in [0.2, 0.25) is 0 Å². The van der Waals surface area contributed by atoms with Gasteiger partial charge in [0.05, 0.1) is 0 Å². The van der Waals surface area contributed by atoms with Crippen LogP contribution in [0, 0.1) is 11.6 Å². The second-order valence-electron chi connectivity index (χ2n) is 10.0. The number of ether oxygens (including phenoxy) is 1. The average molecular weight is 541 g/mol. The molecule has 0 aliphatic heterocycles. The van der Waals surface area contributed by atoms with E-state index in [1.807, 2.05) is 30.3 Å². The smallest absolute Gasteiger partial charge is 0.422 e. The van der Waals surface area contributed by atoms with Gasteiger partial charge in [-0.15, -0.1) is 0 Å². The highest BCUT2D eigenvalue weighted by molar-refractivity contribution is 5.84. The van der Waals surface area contributed by atoms with Gasteiger partial charge in [0, 0.05) is 5.39 Å². The first-order chi connectivity index (χ1) is 18.7. The van der Waals surface area contributed by atoms with Crippen LogP contribution in [0.5, 0.6) is 5.75 Å². The van der Waals surface area contributed by atoms with Gasteiger partial charge in [0.25, 0.3) is 0 Å². The summed E-state index contributed by atoms with van der Waals surface area (Å²) in [6, 6.07) is 21.2. The van der Waals surface area contributed by atoms with Gasteiger partial charge >= 0.3 is 6.18 Å². The fourth-order valence-corrected chi connectivity index (χ4v) is 4.74. The van der Waals surface area contributed by atoms with Crippen LogP contribution >= 0.6 is 0 Å². The van der Waals surface area contributed by atoms with Gasteiger partial charge in [-0.1, -0.05) is 74.4 Å². The molecule has 0 fully saturated rings. The van der Waals surface area contributed by atoms with Crippen molar-refractivity contribution in [1.29, 1.82) is 0 Å². The molecular weight excluding hydrogens is 507 g/mol. The van der Waals surface area contributed by atoms with Crippen molar-refractivity contribution >= 4 is 10.8 Å². The van der Waals surface area contributed by atoms with Crippen LogP contribution in [0.1, 0.15) is 54.0 Å². The van der Waals surface area contributed by atoms with Crippen LogP contribution in [0.4, 0.5) is 22.0 Å². The Kier molecular flexibility index (Phi) is 9.60. The van der Waals surface area contributed by atoms with Crippen molar-refractivity contribution in [3.8, 4) is 5.75 Å². The molecule has 0 unspecified atom stereocenters. The summed E-state index contributed by atoms with van der Waals surface area (Å²) >= 11 is 0. The Morgan fingerprint density at radius 1 is 0.641 bits per heavy atom. The van der Waals surface area contributed by atoms with Gasteiger partial charge in [-0.25, -0.2) is 8.78 Å². The number of fused-ring (bicyclic) bond motifs is 1. The highest BCUT2D eigenvalue weighted by atomic mass is 19.4. The molecule has 0 saturated heterocycles. The second kappa shape index (κ2) is 13.1. The molecule has 1 nitrogen and oxygen atoms in total. The third-order valence-electron chi connectivity index (χ3n) is 6.98. The van der Waals surface area contributed by atoms with Crippen molar-refractivity contribution in [3.05, 3.63) is 112 Å². The minimum Gasteiger partial charge on any atom is -0.484 e. The molecule has 0 N–H and O–H groups in total. The van der Waals surface area contributed by atoms with Gasteiger partial charge < -0.3 is 4.74 Å². The summed E-state index contributed by atoms with van der Waals surface area (Å²) in [4.78, 5) is 0. The van der Waals surface area contributed by atoms with E-state index in [2.05, 4.69) is 6.92 Å². The molecule has 4 aromatic carbocycles. The van der Waals surface area contributed by atoms with E-state index in [9.17, 15) is 17.6 Å². The Balaban J connectivity index is 1.35. The van der Waals surface area contributed by atoms with Crippen molar-refractivity contribution in [2.45, 2.75) is 64.5 Å². The van der Waals surface area contributed by atoms with Crippen LogP contribution in [-0.2, 0) is 32.1 Å². The summed E-state index contributed by atoms with van der Waals surface area (Å²) in [6.07, 6.45) is 2.11. The first-order valence-corrected chi connectivity index (χ1v) is 13.5. The molecule has 206 valence electrons. The highest BCUT2D eigenvalue weighted by Gasteiger charge is 2.28. The van der Waals surface area contributed by atoms with E-state index >= 15 is 4.39 Å². The number of benzene rings is 4. The lowest BCUT2D eigenvalue weighted by atomic mass is 9.96. The third kappa shape index (κ3) is 8.29. The highest BCUT2D eigenvalue weighted by Crippen LogP contribution is 2.25. The Bertz CT molecular complexity index is 1380. The molecule has 0 aromatic heterocycles. The quantitative estimate of drug-likeness (QED) is 0.128. The summed E-state index contributed by atoms with van der Waals surface area (Å²) in [5.41, 5.74) is 4.21. The topological polar surface area (TPSA) is 9.23 Å². The van der Waals surface area contributed by atoms with Crippen LogP contribution in [0.25, 0.3) is 10.8 Å². The standard InChI is InChI=1S/C33H33F5O/c1-2-3-4-5-24-7-12-26(31(34)21-24)13-8-25-11-19-30-28(20-25)16-15-27(32(30)35)14-6-23-9-17-29(18-10-23)39-22-33(36,37)38/h7,9-12,15-21H,2-6,8,13-14,22H2,1H3. The summed E-state index contributed by atoms with van der Waals surface area (Å²) in [7, 11) is 0. The fraction of sp³-hybridized carbons (Fsp3) is 0.333. The Morgan fingerprint density at radius 2 is 1.28 bits per heavy atom. The number of aryl methyl sites for hydroxylation is 5. The maximum Gasteiger partial charge on any atom is 0.422 e. The number of halogens is 5. The monoisotopic (exact) mass is 540 g/mol. The van der Waals surface area contributed by atoms with Gasteiger partial charge in [-0.2, -0.15) is 13.2 Å². The first kappa shape index (κ1) is 28.6. The number of hydrogen-bond donors (Lipinski definition) is 0. The van der Waals surface area contributed by atoms with Crippen LogP contribution in [0.3, 0.4) is 0 Å². The number of alkyl halides is 3. The van der Waals surface area contributed by atoms with Crippen molar-refractivity contribution in [3.63, 3.8) is 0 Å². The van der Waals surface area contributed by atoms with Crippen molar-refractivity contribution in [1.82, 2.24) is 0 Å². The van der Waals surface area contributed by atoms with E-state index in [4.69, 9.17) is 4.74 Å². The van der Waals surface area contributed by atoms with E-state index in [1.165, 1.54) is 12.1 Å². The number of hydrogen-bond acceptors (Lipinski definition) is 1. The SMILES string of the molecule is CCCCCc1ccc(CCc2ccc3c(F)c(CCc4ccc(OCC(F)(F)F)cc4)ccc3c2)c(F)c1. The van der Waals surface area contributed by atoms with Crippen molar-refractivity contribution in [2.24, 2.45) is 0 Å². The van der Waals surface area contributed by atoms with E-state index in [1.54, 1.807) is 30.3 Å². The molecule has 0 aliphatic carbocycles. The molecule has 39 heavy (non-hydrogen) atoms. The zero-order valence-electron chi connectivity index (χ0n) is 22.1. The molecule has 0 bridgehead atoms. The lowest BCUT2D eigenvalue weighted by Gasteiger charge is -2.11. The molecule has 0 spiro atoms. The zero-order chi connectivity index (χ0) is 27.8. The second-order valence-corrected chi connectivity index (χ2v) is 10.0.